The first kappa shape index (κ1) is 20.8. The summed E-state index contributed by atoms with van der Waals surface area (Å²) in [5, 5.41) is 6.54. The van der Waals surface area contributed by atoms with E-state index in [9.17, 15) is 4.79 Å². The number of methoxy groups -OCH3 is 1. The third kappa shape index (κ3) is 5.16. The number of amides is 2. The van der Waals surface area contributed by atoms with E-state index >= 15 is 0 Å². The standard InChI is InChI=1S/C24H23ClN4O2/c1-31-18-12-10-16(11-13-18)14-22(23-27-20-8-4-5-9-21(20)28-23)29-24(30)26-15-17-6-2-3-7-19(17)25/h2-13,22H,14-15H2,1H3,(H,27,28)(H2,26,29,30)/t22-/m1/s1. The van der Waals surface area contributed by atoms with Gasteiger partial charge in [-0.05, 0) is 47.9 Å². The second-order valence-electron chi connectivity index (χ2n) is 7.16. The van der Waals surface area contributed by atoms with Crippen molar-refractivity contribution < 1.29 is 9.53 Å². The van der Waals surface area contributed by atoms with Crippen molar-refractivity contribution in [3.8, 4) is 5.75 Å². The lowest BCUT2D eigenvalue weighted by atomic mass is 10.1. The molecule has 0 aliphatic carbocycles. The maximum atomic E-state index is 12.7. The van der Waals surface area contributed by atoms with Crippen molar-refractivity contribution in [1.29, 1.82) is 0 Å². The second-order valence-corrected chi connectivity index (χ2v) is 7.57. The molecule has 0 radical (unpaired) electrons. The van der Waals surface area contributed by atoms with Gasteiger partial charge in [-0.15, -0.1) is 0 Å². The van der Waals surface area contributed by atoms with E-state index in [2.05, 4.69) is 20.6 Å². The molecule has 0 aliphatic rings. The summed E-state index contributed by atoms with van der Waals surface area (Å²) in [6.45, 7) is 0.334. The van der Waals surface area contributed by atoms with Crippen LogP contribution in [0.5, 0.6) is 5.75 Å². The molecule has 0 aliphatic heterocycles. The Morgan fingerprint density at radius 2 is 1.81 bits per heavy atom. The average molecular weight is 435 g/mol. The fraction of sp³-hybridized carbons (Fsp3) is 0.167. The molecule has 1 atom stereocenters. The molecule has 0 saturated heterocycles. The number of para-hydroxylation sites is 2. The summed E-state index contributed by atoms with van der Waals surface area (Å²) >= 11 is 6.19. The zero-order valence-corrected chi connectivity index (χ0v) is 17.8. The number of halogens is 1. The fourth-order valence-corrected chi connectivity index (χ4v) is 3.58. The molecule has 2 amide bonds. The molecule has 0 spiro atoms. The molecule has 0 fully saturated rings. The molecular formula is C24H23ClN4O2. The molecule has 3 N–H and O–H groups in total. The second kappa shape index (κ2) is 9.53. The van der Waals surface area contributed by atoms with E-state index in [0.717, 1.165) is 27.9 Å². The van der Waals surface area contributed by atoms with Gasteiger partial charge < -0.3 is 20.4 Å². The number of hydrogen-bond donors (Lipinski definition) is 3. The highest BCUT2D eigenvalue weighted by Gasteiger charge is 2.19. The van der Waals surface area contributed by atoms with E-state index in [1.54, 1.807) is 13.2 Å². The monoisotopic (exact) mass is 434 g/mol. The number of benzene rings is 3. The number of rotatable bonds is 7. The number of nitrogens with one attached hydrogen (secondary N) is 3. The van der Waals surface area contributed by atoms with Crippen molar-refractivity contribution in [3.05, 3.63) is 94.8 Å². The lowest BCUT2D eigenvalue weighted by Crippen LogP contribution is -2.38. The van der Waals surface area contributed by atoms with E-state index < -0.39 is 0 Å². The number of aromatic amines is 1. The Hall–Kier alpha value is -3.51. The van der Waals surface area contributed by atoms with Crippen molar-refractivity contribution in [1.82, 2.24) is 20.6 Å². The fourth-order valence-electron chi connectivity index (χ4n) is 3.38. The number of hydrogen-bond acceptors (Lipinski definition) is 3. The highest BCUT2D eigenvalue weighted by molar-refractivity contribution is 6.31. The first-order valence-corrected chi connectivity index (χ1v) is 10.4. The Morgan fingerprint density at radius 3 is 2.55 bits per heavy atom. The van der Waals surface area contributed by atoms with E-state index in [4.69, 9.17) is 16.3 Å². The summed E-state index contributed by atoms with van der Waals surface area (Å²) in [6, 6.07) is 22.4. The first-order chi connectivity index (χ1) is 15.1. The van der Waals surface area contributed by atoms with Crippen LogP contribution >= 0.6 is 11.6 Å². The van der Waals surface area contributed by atoms with Crippen LogP contribution in [0.15, 0.2) is 72.8 Å². The molecule has 4 aromatic rings. The number of carbonyl (C=O) groups excluding carboxylic acids is 1. The number of nitrogens with zero attached hydrogens (tertiary/aromatic N) is 1. The molecule has 158 valence electrons. The molecule has 0 saturated carbocycles. The normalized spacial score (nSPS) is 11.8. The van der Waals surface area contributed by atoms with Gasteiger partial charge in [0, 0.05) is 11.6 Å². The van der Waals surface area contributed by atoms with Crippen LogP contribution in [0, 0.1) is 0 Å². The Balaban J connectivity index is 1.52. The van der Waals surface area contributed by atoms with Crippen molar-refractivity contribution in [3.63, 3.8) is 0 Å². The van der Waals surface area contributed by atoms with Gasteiger partial charge in [0.1, 0.15) is 11.6 Å². The zero-order valence-electron chi connectivity index (χ0n) is 17.1. The maximum absolute atomic E-state index is 12.7. The van der Waals surface area contributed by atoms with E-state index in [1.807, 2.05) is 66.7 Å². The molecule has 0 bridgehead atoms. The molecule has 4 rings (SSSR count). The predicted molar refractivity (Wildman–Crippen MR) is 122 cm³/mol. The average Bonchev–Trinajstić information content (AvgIpc) is 3.23. The molecular weight excluding hydrogens is 412 g/mol. The van der Waals surface area contributed by atoms with Gasteiger partial charge >= 0.3 is 6.03 Å². The van der Waals surface area contributed by atoms with Gasteiger partial charge in [0.2, 0.25) is 0 Å². The van der Waals surface area contributed by atoms with Crippen molar-refractivity contribution >= 4 is 28.7 Å². The SMILES string of the molecule is COc1ccc(C[C@@H](NC(=O)NCc2ccccc2Cl)c2nc3ccccc3[nH]2)cc1. The van der Waals surface area contributed by atoms with Crippen LogP contribution in [0.25, 0.3) is 11.0 Å². The van der Waals surface area contributed by atoms with Gasteiger partial charge in [0.15, 0.2) is 0 Å². The summed E-state index contributed by atoms with van der Waals surface area (Å²) in [5.41, 5.74) is 3.69. The lowest BCUT2D eigenvalue weighted by Gasteiger charge is -2.18. The summed E-state index contributed by atoms with van der Waals surface area (Å²) in [5.74, 6) is 1.49. The van der Waals surface area contributed by atoms with Crippen molar-refractivity contribution in [2.24, 2.45) is 0 Å². The van der Waals surface area contributed by atoms with Crippen LogP contribution < -0.4 is 15.4 Å². The number of urea groups is 1. The number of aromatic nitrogens is 2. The number of imidazole rings is 1. The summed E-state index contributed by atoms with van der Waals surface area (Å²) in [6.07, 6.45) is 0.573. The first-order valence-electron chi connectivity index (χ1n) is 9.98. The van der Waals surface area contributed by atoms with Gasteiger partial charge in [-0.2, -0.15) is 0 Å². The minimum absolute atomic E-state index is 0.293. The third-order valence-electron chi connectivity index (χ3n) is 5.04. The maximum Gasteiger partial charge on any atom is 0.315 e. The Morgan fingerprint density at radius 1 is 1.06 bits per heavy atom. The number of H-pyrrole nitrogens is 1. The zero-order chi connectivity index (χ0) is 21.6. The summed E-state index contributed by atoms with van der Waals surface area (Å²) in [4.78, 5) is 20.7. The number of carbonyl (C=O) groups is 1. The third-order valence-corrected chi connectivity index (χ3v) is 5.41. The van der Waals surface area contributed by atoms with Crippen LogP contribution in [0.4, 0.5) is 4.79 Å². The van der Waals surface area contributed by atoms with Crippen molar-refractivity contribution in [2.45, 2.75) is 19.0 Å². The van der Waals surface area contributed by atoms with Crippen LogP contribution in [0.3, 0.4) is 0 Å². The Labute approximate surface area is 185 Å². The summed E-state index contributed by atoms with van der Waals surface area (Å²) in [7, 11) is 1.64. The molecule has 1 heterocycles. The van der Waals surface area contributed by atoms with Crippen LogP contribution in [0.2, 0.25) is 5.02 Å². The van der Waals surface area contributed by atoms with E-state index in [0.29, 0.717) is 23.8 Å². The smallest absolute Gasteiger partial charge is 0.315 e. The Bertz CT molecular complexity index is 1140. The van der Waals surface area contributed by atoms with Crippen molar-refractivity contribution in [2.75, 3.05) is 7.11 Å². The molecule has 3 aromatic carbocycles. The highest BCUT2D eigenvalue weighted by Crippen LogP contribution is 2.21. The lowest BCUT2D eigenvalue weighted by molar-refractivity contribution is 0.236. The quantitative estimate of drug-likeness (QED) is 0.382. The molecule has 31 heavy (non-hydrogen) atoms. The summed E-state index contributed by atoms with van der Waals surface area (Å²) < 4.78 is 5.24. The topological polar surface area (TPSA) is 79.0 Å². The highest BCUT2D eigenvalue weighted by atomic mass is 35.5. The van der Waals surface area contributed by atoms with Gasteiger partial charge in [-0.1, -0.05) is 54.1 Å². The predicted octanol–water partition coefficient (Wildman–Crippen LogP) is 5.01. The van der Waals surface area contributed by atoms with Gasteiger partial charge in [-0.25, -0.2) is 9.78 Å². The largest absolute Gasteiger partial charge is 0.497 e. The number of fused-ring (bicyclic) bond motifs is 1. The van der Waals surface area contributed by atoms with Crippen LogP contribution in [-0.2, 0) is 13.0 Å². The molecule has 1 aromatic heterocycles. The minimum atomic E-state index is -0.341. The van der Waals surface area contributed by atoms with E-state index in [-0.39, 0.29) is 12.1 Å². The van der Waals surface area contributed by atoms with E-state index in [1.165, 1.54) is 0 Å². The van der Waals surface area contributed by atoms with Crippen LogP contribution in [0.1, 0.15) is 23.0 Å². The minimum Gasteiger partial charge on any atom is -0.497 e. The molecule has 7 heteroatoms. The number of ether oxygens (including phenoxy) is 1. The van der Waals surface area contributed by atoms with Gasteiger partial charge in [-0.3, -0.25) is 0 Å². The van der Waals surface area contributed by atoms with Gasteiger partial charge in [0.25, 0.3) is 0 Å². The Kier molecular flexibility index (Phi) is 6.38. The molecule has 0 unspecified atom stereocenters. The van der Waals surface area contributed by atoms with Gasteiger partial charge in [0.05, 0.1) is 24.2 Å². The molecule has 6 nitrogen and oxygen atoms in total. The van der Waals surface area contributed by atoms with Crippen LogP contribution in [-0.4, -0.2) is 23.1 Å².